The van der Waals surface area contributed by atoms with Crippen LogP contribution < -0.4 is 5.73 Å². The number of rotatable bonds is 5. The van der Waals surface area contributed by atoms with Crippen LogP contribution in [0.4, 0.5) is 0 Å². The summed E-state index contributed by atoms with van der Waals surface area (Å²) in [6.45, 7) is 2.19. The molecule has 1 aliphatic rings. The van der Waals surface area contributed by atoms with Gasteiger partial charge in [0.05, 0.1) is 6.61 Å². The summed E-state index contributed by atoms with van der Waals surface area (Å²) in [7, 11) is 0. The molecule has 0 amide bonds. The number of hydrogen-bond acceptors (Lipinski definition) is 3. The van der Waals surface area contributed by atoms with Gasteiger partial charge in [-0.25, -0.2) is 0 Å². The highest BCUT2D eigenvalue weighted by Gasteiger charge is 2.21. The number of carbonyl (C=O) groups is 1. The van der Waals surface area contributed by atoms with Crippen LogP contribution >= 0.6 is 0 Å². The Labute approximate surface area is 121 Å². The number of carbonyl (C=O) groups excluding carboxylic acids is 1. The van der Waals surface area contributed by atoms with E-state index in [1.54, 1.807) is 6.92 Å². The van der Waals surface area contributed by atoms with Gasteiger partial charge in [-0.3, -0.25) is 4.79 Å². The Balaban J connectivity index is 2.09. The average molecular weight is 275 g/mol. The van der Waals surface area contributed by atoms with Crippen LogP contribution in [0, 0.1) is 0 Å². The standard InChI is InChI=1S/C17H25NO2/c1-2-20-17(19)16(18)12-14-10-6-7-11-15(14)13-8-4-3-5-9-13/h6-7,10-11,13,16H,2-5,8-9,12,18H2,1H3. The largest absolute Gasteiger partial charge is 0.465 e. The molecule has 0 aliphatic heterocycles. The molecule has 3 nitrogen and oxygen atoms in total. The summed E-state index contributed by atoms with van der Waals surface area (Å²) in [5.41, 5.74) is 8.55. The first-order chi connectivity index (χ1) is 9.72. The average Bonchev–Trinajstić information content (AvgIpc) is 2.49. The van der Waals surface area contributed by atoms with Crippen LogP contribution in [-0.2, 0) is 16.0 Å². The van der Waals surface area contributed by atoms with E-state index in [4.69, 9.17) is 10.5 Å². The van der Waals surface area contributed by atoms with E-state index in [0.29, 0.717) is 18.9 Å². The van der Waals surface area contributed by atoms with Crippen molar-refractivity contribution in [2.45, 2.75) is 57.4 Å². The second kappa shape index (κ2) is 7.44. The summed E-state index contributed by atoms with van der Waals surface area (Å²) in [4.78, 5) is 11.7. The highest BCUT2D eigenvalue weighted by atomic mass is 16.5. The van der Waals surface area contributed by atoms with Gasteiger partial charge in [-0.05, 0) is 43.2 Å². The molecular weight excluding hydrogens is 250 g/mol. The normalized spacial score (nSPS) is 17.7. The fourth-order valence-electron chi connectivity index (χ4n) is 3.10. The van der Waals surface area contributed by atoms with Gasteiger partial charge in [0.1, 0.15) is 6.04 Å². The first-order valence-corrected chi connectivity index (χ1v) is 7.72. The molecule has 1 aliphatic carbocycles. The molecular formula is C17H25NO2. The molecule has 2 N–H and O–H groups in total. The maximum Gasteiger partial charge on any atom is 0.323 e. The molecule has 1 fully saturated rings. The monoisotopic (exact) mass is 275 g/mol. The van der Waals surface area contributed by atoms with Gasteiger partial charge in [0, 0.05) is 0 Å². The minimum absolute atomic E-state index is 0.300. The van der Waals surface area contributed by atoms with Crippen LogP contribution in [-0.4, -0.2) is 18.6 Å². The zero-order chi connectivity index (χ0) is 14.4. The predicted molar refractivity (Wildman–Crippen MR) is 80.6 cm³/mol. The Bertz CT molecular complexity index is 438. The molecule has 0 radical (unpaired) electrons. The van der Waals surface area contributed by atoms with Crippen LogP contribution in [0.3, 0.4) is 0 Å². The molecule has 0 bridgehead atoms. The van der Waals surface area contributed by atoms with Crippen molar-refractivity contribution in [3.05, 3.63) is 35.4 Å². The van der Waals surface area contributed by atoms with Gasteiger partial charge < -0.3 is 10.5 Å². The van der Waals surface area contributed by atoms with Gasteiger partial charge in [-0.2, -0.15) is 0 Å². The number of esters is 1. The number of ether oxygens (including phenoxy) is 1. The maximum absolute atomic E-state index is 11.7. The van der Waals surface area contributed by atoms with Crippen molar-refractivity contribution in [2.24, 2.45) is 5.73 Å². The second-order valence-electron chi connectivity index (χ2n) is 5.60. The lowest BCUT2D eigenvalue weighted by atomic mass is 9.81. The molecule has 0 spiro atoms. The van der Waals surface area contributed by atoms with Crippen LogP contribution in [0.2, 0.25) is 0 Å². The van der Waals surface area contributed by atoms with Gasteiger partial charge in [0.15, 0.2) is 0 Å². The summed E-state index contributed by atoms with van der Waals surface area (Å²) < 4.78 is 5.00. The van der Waals surface area contributed by atoms with Gasteiger partial charge >= 0.3 is 5.97 Å². The van der Waals surface area contributed by atoms with E-state index >= 15 is 0 Å². The first kappa shape index (κ1) is 15.0. The maximum atomic E-state index is 11.7. The van der Waals surface area contributed by atoms with Gasteiger partial charge in [0.2, 0.25) is 0 Å². The van der Waals surface area contributed by atoms with Crippen LogP contribution in [0.15, 0.2) is 24.3 Å². The molecule has 0 aromatic heterocycles. The molecule has 110 valence electrons. The summed E-state index contributed by atoms with van der Waals surface area (Å²) in [5, 5.41) is 0. The van der Waals surface area contributed by atoms with E-state index in [0.717, 1.165) is 0 Å². The fourth-order valence-corrected chi connectivity index (χ4v) is 3.10. The van der Waals surface area contributed by atoms with E-state index in [-0.39, 0.29) is 5.97 Å². The minimum Gasteiger partial charge on any atom is -0.465 e. The predicted octanol–water partition coefficient (Wildman–Crippen LogP) is 3.17. The van der Waals surface area contributed by atoms with E-state index in [2.05, 4.69) is 18.2 Å². The van der Waals surface area contributed by atoms with Crippen LogP contribution in [0.5, 0.6) is 0 Å². The van der Waals surface area contributed by atoms with Crippen molar-refractivity contribution in [3.63, 3.8) is 0 Å². The highest BCUT2D eigenvalue weighted by molar-refractivity contribution is 5.76. The molecule has 1 unspecified atom stereocenters. The molecule has 20 heavy (non-hydrogen) atoms. The Morgan fingerprint density at radius 1 is 1.30 bits per heavy atom. The fraction of sp³-hybridized carbons (Fsp3) is 0.588. The zero-order valence-corrected chi connectivity index (χ0v) is 12.3. The zero-order valence-electron chi connectivity index (χ0n) is 12.3. The minimum atomic E-state index is -0.556. The lowest BCUT2D eigenvalue weighted by Crippen LogP contribution is -2.34. The molecule has 1 atom stereocenters. The molecule has 1 aromatic rings. The molecule has 1 saturated carbocycles. The third-order valence-electron chi connectivity index (χ3n) is 4.13. The molecule has 0 saturated heterocycles. The molecule has 3 heteroatoms. The van der Waals surface area contributed by atoms with Gasteiger partial charge in [-0.15, -0.1) is 0 Å². The van der Waals surface area contributed by atoms with E-state index in [9.17, 15) is 4.79 Å². The Kier molecular flexibility index (Phi) is 5.60. The number of benzene rings is 1. The Morgan fingerprint density at radius 2 is 2.00 bits per heavy atom. The number of nitrogens with two attached hydrogens (primary N) is 1. The van der Waals surface area contributed by atoms with Crippen molar-refractivity contribution in [1.29, 1.82) is 0 Å². The van der Waals surface area contributed by atoms with Crippen LogP contribution in [0.1, 0.15) is 56.1 Å². The molecule has 0 heterocycles. The van der Waals surface area contributed by atoms with Crippen molar-refractivity contribution >= 4 is 5.97 Å². The van der Waals surface area contributed by atoms with Crippen molar-refractivity contribution < 1.29 is 9.53 Å². The van der Waals surface area contributed by atoms with Gasteiger partial charge in [-0.1, -0.05) is 43.5 Å². The Morgan fingerprint density at radius 3 is 2.70 bits per heavy atom. The van der Waals surface area contributed by atoms with Gasteiger partial charge in [0.25, 0.3) is 0 Å². The summed E-state index contributed by atoms with van der Waals surface area (Å²) in [6.07, 6.45) is 7.05. The smallest absolute Gasteiger partial charge is 0.323 e. The lowest BCUT2D eigenvalue weighted by Gasteiger charge is -2.25. The molecule has 1 aromatic carbocycles. The lowest BCUT2D eigenvalue weighted by molar-refractivity contribution is -0.144. The van der Waals surface area contributed by atoms with Crippen molar-refractivity contribution in [3.8, 4) is 0 Å². The summed E-state index contributed by atoms with van der Waals surface area (Å²) in [6, 6.07) is 7.86. The SMILES string of the molecule is CCOC(=O)C(N)Cc1ccccc1C1CCCCC1. The van der Waals surface area contributed by atoms with Crippen molar-refractivity contribution in [2.75, 3.05) is 6.61 Å². The quantitative estimate of drug-likeness (QED) is 0.840. The number of hydrogen-bond donors (Lipinski definition) is 1. The van der Waals surface area contributed by atoms with Crippen molar-refractivity contribution in [1.82, 2.24) is 0 Å². The van der Waals surface area contributed by atoms with E-state index in [1.807, 2.05) is 6.07 Å². The topological polar surface area (TPSA) is 52.3 Å². The third-order valence-corrected chi connectivity index (χ3v) is 4.13. The first-order valence-electron chi connectivity index (χ1n) is 7.72. The van der Waals surface area contributed by atoms with E-state index < -0.39 is 6.04 Å². The summed E-state index contributed by atoms with van der Waals surface area (Å²) in [5.74, 6) is 0.334. The summed E-state index contributed by atoms with van der Waals surface area (Å²) >= 11 is 0. The highest BCUT2D eigenvalue weighted by Crippen LogP contribution is 2.34. The van der Waals surface area contributed by atoms with Crippen LogP contribution in [0.25, 0.3) is 0 Å². The van der Waals surface area contributed by atoms with E-state index in [1.165, 1.54) is 43.2 Å². The Hall–Kier alpha value is -1.35. The third kappa shape index (κ3) is 3.83. The second-order valence-corrected chi connectivity index (χ2v) is 5.60. The molecule has 2 rings (SSSR count).